The molecule has 1 atom stereocenters. The molecule has 0 heterocycles. The number of carbonyl (C=O) groups is 1. The SMILES string of the molecule is C=C[C@@](C)(C=O)CCCCCCCCC. The van der Waals surface area contributed by atoms with E-state index in [9.17, 15) is 4.79 Å². The van der Waals surface area contributed by atoms with E-state index < -0.39 is 0 Å². The predicted octanol–water partition coefficient (Wildman–Crippen LogP) is 4.52. The van der Waals surface area contributed by atoms with E-state index in [2.05, 4.69) is 13.5 Å². The first-order valence-corrected chi connectivity index (χ1v) is 6.28. The van der Waals surface area contributed by atoms with Crippen molar-refractivity contribution in [3.8, 4) is 0 Å². The Morgan fingerprint density at radius 2 is 1.60 bits per heavy atom. The Balaban J connectivity index is 3.37. The lowest BCUT2D eigenvalue weighted by molar-refractivity contribution is -0.113. The van der Waals surface area contributed by atoms with Crippen LogP contribution in [0.15, 0.2) is 12.7 Å². The molecule has 0 rings (SSSR count). The third kappa shape index (κ3) is 7.35. The number of rotatable bonds is 10. The van der Waals surface area contributed by atoms with Gasteiger partial charge in [-0.1, -0.05) is 57.9 Å². The van der Waals surface area contributed by atoms with Crippen LogP contribution >= 0.6 is 0 Å². The molecule has 0 saturated heterocycles. The summed E-state index contributed by atoms with van der Waals surface area (Å²) in [5.41, 5.74) is -0.288. The second-order valence-electron chi connectivity index (χ2n) is 4.70. The molecule has 0 aromatic rings. The van der Waals surface area contributed by atoms with E-state index in [1.54, 1.807) is 6.08 Å². The van der Waals surface area contributed by atoms with Gasteiger partial charge in [0.2, 0.25) is 0 Å². The van der Waals surface area contributed by atoms with Crippen molar-refractivity contribution in [2.45, 2.75) is 65.2 Å². The zero-order valence-corrected chi connectivity index (χ0v) is 10.4. The van der Waals surface area contributed by atoms with E-state index >= 15 is 0 Å². The molecule has 0 fully saturated rings. The van der Waals surface area contributed by atoms with E-state index in [1.165, 1.54) is 38.5 Å². The first-order chi connectivity index (χ1) is 7.18. The Morgan fingerprint density at radius 3 is 2.07 bits per heavy atom. The number of aldehydes is 1. The number of hydrogen-bond acceptors (Lipinski definition) is 1. The van der Waals surface area contributed by atoms with Crippen molar-refractivity contribution in [2.24, 2.45) is 5.41 Å². The molecule has 0 radical (unpaired) electrons. The summed E-state index contributed by atoms with van der Waals surface area (Å²) in [4.78, 5) is 10.8. The van der Waals surface area contributed by atoms with Crippen LogP contribution in [-0.4, -0.2) is 6.29 Å². The van der Waals surface area contributed by atoms with Gasteiger partial charge in [-0.15, -0.1) is 6.58 Å². The normalized spacial score (nSPS) is 14.5. The number of allylic oxidation sites excluding steroid dienone is 1. The van der Waals surface area contributed by atoms with Crippen LogP contribution in [-0.2, 0) is 4.79 Å². The van der Waals surface area contributed by atoms with Crippen molar-refractivity contribution in [2.75, 3.05) is 0 Å². The topological polar surface area (TPSA) is 17.1 Å². The van der Waals surface area contributed by atoms with E-state index in [-0.39, 0.29) is 5.41 Å². The molecule has 0 N–H and O–H groups in total. The van der Waals surface area contributed by atoms with Gasteiger partial charge in [0.1, 0.15) is 6.29 Å². The maximum absolute atomic E-state index is 10.8. The third-order valence-electron chi connectivity index (χ3n) is 3.05. The molecule has 0 saturated carbocycles. The van der Waals surface area contributed by atoms with Gasteiger partial charge in [0.25, 0.3) is 0 Å². The van der Waals surface area contributed by atoms with Crippen molar-refractivity contribution in [1.29, 1.82) is 0 Å². The van der Waals surface area contributed by atoms with Crippen LogP contribution in [0.25, 0.3) is 0 Å². The fourth-order valence-corrected chi connectivity index (χ4v) is 1.67. The smallest absolute Gasteiger partial charge is 0.129 e. The van der Waals surface area contributed by atoms with Crippen molar-refractivity contribution in [3.05, 3.63) is 12.7 Å². The molecule has 1 nitrogen and oxygen atoms in total. The molecular weight excluding hydrogens is 184 g/mol. The lowest BCUT2D eigenvalue weighted by atomic mass is 9.86. The molecule has 88 valence electrons. The van der Waals surface area contributed by atoms with E-state index in [0.29, 0.717) is 0 Å². The van der Waals surface area contributed by atoms with Gasteiger partial charge in [0, 0.05) is 5.41 Å². The number of unbranched alkanes of at least 4 members (excludes halogenated alkanes) is 6. The quantitative estimate of drug-likeness (QED) is 0.294. The maximum Gasteiger partial charge on any atom is 0.129 e. The molecule has 0 aliphatic rings. The Kier molecular flexibility index (Phi) is 8.35. The summed E-state index contributed by atoms with van der Waals surface area (Å²) in [5, 5.41) is 0. The predicted molar refractivity (Wildman–Crippen MR) is 67.0 cm³/mol. The zero-order valence-electron chi connectivity index (χ0n) is 10.4. The van der Waals surface area contributed by atoms with Gasteiger partial charge in [0.15, 0.2) is 0 Å². The highest BCUT2D eigenvalue weighted by molar-refractivity contribution is 5.61. The molecule has 15 heavy (non-hydrogen) atoms. The Bertz CT molecular complexity index is 164. The Labute approximate surface area is 95.0 Å². The fourth-order valence-electron chi connectivity index (χ4n) is 1.67. The summed E-state index contributed by atoms with van der Waals surface area (Å²) in [6, 6.07) is 0. The molecule has 0 aliphatic carbocycles. The standard InChI is InChI=1S/C14H26O/c1-4-6-7-8-9-10-11-12-14(3,5-2)13-15/h5,13H,2,4,6-12H2,1,3H3/t14-/m1/s1. The average molecular weight is 210 g/mol. The van der Waals surface area contributed by atoms with Crippen molar-refractivity contribution in [3.63, 3.8) is 0 Å². The first-order valence-electron chi connectivity index (χ1n) is 6.28. The summed E-state index contributed by atoms with van der Waals surface area (Å²) in [6.07, 6.45) is 12.8. The minimum Gasteiger partial charge on any atom is -0.302 e. The molecule has 0 amide bonds. The fraction of sp³-hybridized carbons (Fsp3) is 0.786. The van der Waals surface area contributed by atoms with Crippen LogP contribution < -0.4 is 0 Å². The van der Waals surface area contributed by atoms with Gasteiger partial charge in [-0.3, -0.25) is 0 Å². The monoisotopic (exact) mass is 210 g/mol. The second-order valence-corrected chi connectivity index (χ2v) is 4.70. The summed E-state index contributed by atoms with van der Waals surface area (Å²) in [7, 11) is 0. The van der Waals surface area contributed by atoms with Gasteiger partial charge in [-0.05, 0) is 13.3 Å². The summed E-state index contributed by atoms with van der Waals surface area (Å²) >= 11 is 0. The molecular formula is C14H26O. The zero-order chi connectivity index (χ0) is 11.6. The minimum atomic E-state index is -0.288. The van der Waals surface area contributed by atoms with Crippen LogP contribution in [0.2, 0.25) is 0 Å². The summed E-state index contributed by atoms with van der Waals surface area (Å²) < 4.78 is 0. The van der Waals surface area contributed by atoms with Crippen LogP contribution in [0.5, 0.6) is 0 Å². The van der Waals surface area contributed by atoms with Crippen molar-refractivity contribution >= 4 is 6.29 Å². The van der Waals surface area contributed by atoms with Crippen molar-refractivity contribution < 1.29 is 4.79 Å². The lowest BCUT2D eigenvalue weighted by Crippen LogP contribution is -2.13. The van der Waals surface area contributed by atoms with Gasteiger partial charge >= 0.3 is 0 Å². The van der Waals surface area contributed by atoms with E-state index in [1.807, 2.05) is 6.92 Å². The average Bonchev–Trinajstić information content (AvgIpc) is 2.27. The molecule has 0 spiro atoms. The highest BCUT2D eigenvalue weighted by Gasteiger charge is 2.17. The Morgan fingerprint density at radius 1 is 1.07 bits per heavy atom. The molecule has 0 aromatic carbocycles. The lowest BCUT2D eigenvalue weighted by Gasteiger charge is -2.17. The maximum atomic E-state index is 10.8. The first kappa shape index (κ1) is 14.4. The molecule has 0 aliphatic heterocycles. The van der Waals surface area contributed by atoms with Gasteiger partial charge < -0.3 is 4.79 Å². The van der Waals surface area contributed by atoms with Crippen LogP contribution in [0.1, 0.15) is 65.2 Å². The number of carbonyl (C=O) groups excluding carboxylic acids is 1. The highest BCUT2D eigenvalue weighted by Crippen LogP contribution is 2.23. The molecule has 0 aromatic heterocycles. The molecule has 0 unspecified atom stereocenters. The van der Waals surface area contributed by atoms with E-state index in [4.69, 9.17) is 0 Å². The summed E-state index contributed by atoms with van der Waals surface area (Å²) in [5.74, 6) is 0. The van der Waals surface area contributed by atoms with Crippen LogP contribution in [0, 0.1) is 5.41 Å². The summed E-state index contributed by atoms with van der Waals surface area (Å²) in [6.45, 7) is 7.91. The highest BCUT2D eigenvalue weighted by atomic mass is 16.1. The third-order valence-corrected chi connectivity index (χ3v) is 3.05. The van der Waals surface area contributed by atoms with Crippen molar-refractivity contribution in [1.82, 2.24) is 0 Å². The van der Waals surface area contributed by atoms with Gasteiger partial charge in [0.05, 0.1) is 0 Å². The van der Waals surface area contributed by atoms with Gasteiger partial charge in [-0.2, -0.15) is 0 Å². The molecule has 0 bridgehead atoms. The largest absolute Gasteiger partial charge is 0.302 e. The van der Waals surface area contributed by atoms with E-state index in [0.717, 1.165) is 19.1 Å². The second kappa shape index (κ2) is 8.70. The van der Waals surface area contributed by atoms with Gasteiger partial charge in [-0.25, -0.2) is 0 Å². The molecule has 1 heteroatoms. The minimum absolute atomic E-state index is 0.288. The van der Waals surface area contributed by atoms with Crippen LogP contribution in [0.4, 0.5) is 0 Å². The van der Waals surface area contributed by atoms with Crippen LogP contribution in [0.3, 0.4) is 0 Å². The number of hydrogen-bond donors (Lipinski definition) is 0. The Hall–Kier alpha value is -0.590.